The van der Waals surface area contributed by atoms with Gasteiger partial charge in [-0.1, -0.05) is 3.82 Å². The molecule has 0 bridgehead atoms. The Labute approximate surface area is 42.5 Å². The quantitative estimate of drug-likeness (QED) is 0.514. The molecule has 1 rings (SSSR count). The number of halogens is 1. The highest BCUT2D eigenvalue weighted by Crippen LogP contribution is 1.75. The Morgan fingerprint density at radius 2 is 2.50 bits per heavy atom. The molecule has 1 heterocycles. The molecule has 0 saturated heterocycles. The Kier molecular flexibility index (Phi) is 0.831. The summed E-state index contributed by atoms with van der Waals surface area (Å²) >= 11 is 2.91. The molecule has 0 unspecified atom stereocenters. The van der Waals surface area contributed by atoms with Gasteiger partial charge in [0.05, 0.1) is 0 Å². The van der Waals surface area contributed by atoms with Gasteiger partial charge in [-0.05, 0) is 5.21 Å². The van der Waals surface area contributed by atoms with Crippen LogP contribution in [-0.4, -0.2) is 19.2 Å². The zero-order chi connectivity index (χ0) is 4.41. The first-order valence-electron chi connectivity index (χ1n) is 1.29. The van der Waals surface area contributed by atoms with E-state index >= 15 is 0 Å². The van der Waals surface area contributed by atoms with E-state index in [4.69, 9.17) is 0 Å². The molecule has 5 heteroatoms. The smallest absolute Gasteiger partial charge is 0.129 e. The van der Waals surface area contributed by atoms with Crippen molar-refractivity contribution in [3.63, 3.8) is 0 Å². The lowest BCUT2D eigenvalue weighted by molar-refractivity contribution is 0.834. The summed E-state index contributed by atoms with van der Waals surface area (Å²) in [6, 6.07) is 0. The molecule has 1 aromatic rings. The van der Waals surface area contributed by atoms with E-state index in [1.165, 1.54) is 10.1 Å². The Hall–Kier alpha value is -0.450. The van der Waals surface area contributed by atoms with Gasteiger partial charge in [-0.25, -0.2) is 0 Å². The molecule has 0 saturated carbocycles. The maximum Gasteiger partial charge on any atom is 0.163 e. The molecule has 0 aliphatic heterocycles. The summed E-state index contributed by atoms with van der Waals surface area (Å²) < 4.78 is 1.20. The maximum atomic E-state index is 3.53. The van der Waals surface area contributed by atoms with Crippen molar-refractivity contribution in [3.8, 4) is 0 Å². The maximum absolute atomic E-state index is 3.53. The SMILES string of the molecule is Brn1ncnn1. The third kappa shape index (κ3) is 0.538. The summed E-state index contributed by atoms with van der Waals surface area (Å²) in [7, 11) is 0. The highest BCUT2D eigenvalue weighted by molar-refractivity contribution is 9.08. The molecular weight excluding hydrogens is 148 g/mol. The van der Waals surface area contributed by atoms with Crippen molar-refractivity contribution >= 4 is 16.1 Å². The molecule has 4 nitrogen and oxygen atoms in total. The highest BCUT2D eigenvalue weighted by atomic mass is 79.9. The van der Waals surface area contributed by atoms with E-state index in [2.05, 4.69) is 31.6 Å². The van der Waals surface area contributed by atoms with Crippen molar-refractivity contribution in [2.24, 2.45) is 0 Å². The number of aromatic nitrogens is 4. The molecule has 0 radical (unpaired) electrons. The average molecular weight is 149 g/mol. The molecule has 32 valence electrons. The van der Waals surface area contributed by atoms with Gasteiger partial charge in [0.1, 0.15) is 16.1 Å². The third-order valence-electron chi connectivity index (χ3n) is 0.324. The van der Waals surface area contributed by atoms with Crippen molar-refractivity contribution in [2.75, 3.05) is 0 Å². The lowest BCUT2D eigenvalue weighted by Crippen LogP contribution is -1.81. The standard InChI is InChI=1S/CHBrN4/c2-6-4-1-3-5-6/h1H. The zero-order valence-electron chi connectivity index (χ0n) is 2.74. The van der Waals surface area contributed by atoms with E-state index in [-0.39, 0.29) is 0 Å². The van der Waals surface area contributed by atoms with Crippen molar-refractivity contribution in [3.05, 3.63) is 6.33 Å². The molecular formula is CHBrN4. The van der Waals surface area contributed by atoms with Crippen molar-refractivity contribution in [1.29, 1.82) is 0 Å². The van der Waals surface area contributed by atoms with E-state index in [1.807, 2.05) is 0 Å². The number of hydrogen-bond donors (Lipinski definition) is 0. The Morgan fingerprint density at radius 1 is 1.67 bits per heavy atom. The number of rotatable bonds is 0. The molecule has 0 atom stereocenters. The van der Waals surface area contributed by atoms with Gasteiger partial charge in [0, 0.05) is 0 Å². The van der Waals surface area contributed by atoms with E-state index < -0.39 is 0 Å². The first kappa shape index (κ1) is 3.73. The second kappa shape index (κ2) is 1.34. The molecule has 0 amide bonds. The van der Waals surface area contributed by atoms with E-state index in [0.717, 1.165) is 0 Å². The molecule has 0 aliphatic carbocycles. The molecule has 0 fully saturated rings. The van der Waals surface area contributed by atoms with Crippen LogP contribution in [0, 0.1) is 0 Å². The van der Waals surface area contributed by atoms with Crippen LogP contribution in [0.4, 0.5) is 0 Å². The van der Waals surface area contributed by atoms with Crippen LogP contribution in [-0.2, 0) is 0 Å². The summed E-state index contributed by atoms with van der Waals surface area (Å²) in [6.45, 7) is 0. The first-order chi connectivity index (χ1) is 2.89. The van der Waals surface area contributed by atoms with Crippen LogP contribution in [0.15, 0.2) is 6.33 Å². The monoisotopic (exact) mass is 148 g/mol. The average Bonchev–Trinajstić information content (AvgIpc) is 1.86. The van der Waals surface area contributed by atoms with Crippen LogP contribution >= 0.6 is 16.1 Å². The normalized spacial score (nSPS) is 8.83. The van der Waals surface area contributed by atoms with Gasteiger partial charge in [0.25, 0.3) is 0 Å². The molecule has 0 aliphatic rings. The fraction of sp³-hybridized carbons (Fsp3) is 0. The second-order valence-electron chi connectivity index (χ2n) is 0.676. The third-order valence-corrected chi connectivity index (χ3v) is 0.649. The van der Waals surface area contributed by atoms with Crippen LogP contribution in [0.1, 0.15) is 0 Å². The minimum atomic E-state index is 1.20. The van der Waals surface area contributed by atoms with Crippen molar-refractivity contribution < 1.29 is 0 Å². The van der Waals surface area contributed by atoms with Crippen LogP contribution in [0.5, 0.6) is 0 Å². The minimum Gasteiger partial charge on any atom is -0.129 e. The van der Waals surface area contributed by atoms with Crippen LogP contribution in [0.3, 0.4) is 0 Å². The van der Waals surface area contributed by atoms with Gasteiger partial charge in [-0.15, -0.1) is 10.2 Å². The molecule has 0 aromatic carbocycles. The highest BCUT2D eigenvalue weighted by Gasteiger charge is 1.75. The van der Waals surface area contributed by atoms with Gasteiger partial charge >= 0.3 is 0 Å². The van der Waals surface area contributed by atoms with Crippen LogP contribution in [0.2, 0.25) is 0 Å². The lowest BCUT2D eigenvalue weighted by Gasteiger charge is -1.67. The Balaban J connectivity index is 3.05. The predicted octanol–water partition coefficient (Wildman–Crippen LogP) is -0.169. The van der Waals surface area contributed by atoms with Gasteiger partial charge < -0.3 is 0 Å². The van der Waals surface area contributed by atoms with Crippen molar-refractivity contribution in [1.82, 2.24) is 19.2 Å². The fourth-order valence-electron chi connectivity index (χ4n) is 0.155. The van der Waals surface area contributed by atoms with Crippen LogP contribution in [0.25, 0.3) is 0 Å². The number of tetrazole rings is 1. The van der Waals surface area contributed by atoms with E-state index in [0.29, 0.717) is 0 Å². The predicted molar refractivity (Wildman–Crippen MR) is 22.1 cm³/mol. The summed E-state index contributed by atoms with van der Waals surface area (Å²) in [4.78, 5) is 0. The van der Waals surface area contributed by atoms with Gasteiger partial charge in [-0.2, -0.15) is 0 Å². The molecule has 1 aromatic heterocycles. The van der Waals surface area contributed by atoms with Gasteiger partial charge in [0.15, 0.2) is 6.33 Å². The lowest BCUT2D eigenvalue weighted by atomic mass is 11.4. The molecule has 0 N–H and O–H groups in total. The summed E-state index contributed by atoms with van der Waals surface area (Å²) in [5.41, 5.74) is 0. The zero-order valence-corrected chi connectivity index (χ0v) is 4.33. The fourth-order valence-corrected chi connectivity index (χ4v) is 0.318. The van der Waals surface area contributed by atoms with Gasteiger partial charge in [-0.3, -0.25) is 0 Å². The first-order valence-corrected chi connectivity index (χ1v) is 1.99. The second-order valence-corrected chi connectivity index (χ2v) is 1.31. The van der Waals surface area contributed by atoms with Gasteiger partial charge in [0.2, 0.25) is 0 Å². The summed E-state index contributed by atoms with van der Waals surface area (Å²) in [5.74, 6) is 0. The Morgan fingerprint density at radius 3 is 2.67 bits per heavy atom. The summed E-state index contributed by atoms with van der Waals surface area (Å²) in [5, 5.41) is 10.3. The molecule has 0 spiro atoms. The van der Waals surface area contributed by atoms with Crippen LogP contribution < -0.4 is 0 Å². The van der Waals surface area contributed by atoms with E-state index in [1.54, 1.807) is 0 Å². The molecule has 6 heavy (non-hydrogen) atoms. The largest absolute Gasteiger partial charge is 0.163 e. The minimum absolute atomic E-state index is 1.20. The number of hydrogen-bond acceptors (Lipinski definition) is 3. The summed E-state index contributed by atoms with van der Waals surface area (Å²) in [6.07, 6.45) is 1.34. The number of nitrogens with zero attached hydrogens (tertiary/aromatic N) is 4. The van der Waals surface area contributed by atoms with Crippen molar-refractivity contribution in [2.45, 2.75) is 0 Å². The van der Waals surface area contributed by atoms with E-state index in [9.17, 15) is 0 Å². The Bertz CT molecular complexity index is 111. The topological polar surface area (TPSA) is 43.6 Å².